The van der Waals surface area contributed by atoms with E-state index in [1.165, 1.54) is 37.6 Å². The topological polar surface area (TPSA) is 36.9 Å². The summed E-state index contributed by atoms with van der Waals surface area (Å²) in [5.41, 5.74) is 0.0676. The highest BCUT2D eigenvalue weighted by Gasteiger charge is 2.41. The van der Waals surface area contributed by atoms with Crippen LogP contribution in [-0.2, 0) is 4.74 Å². The van der Waals surface area contributed by atoms with Crippen LogP contribution in [-0.4, -0.2) is 30.6 Å². The molecule has 10 heteroatoms. The summed E-state index contributed by atoms with van der Waals surface area (Å²) < 4.78 is 48.3. The maximum Gasteiger partial charge on any atom is 0.408 e. The highest BCUT2D eigenvalue weighted by Crippen LogP contribution is 2.36. The second-order valence-electron chi connectivity index (χ2n) is 5.65. The molecule has 3 rings (SSSR count). The largest absolute Gasteiger partial charge is 0.493 e. The number of fused-ring (bicyclic) bond motifs is 1. The number of benzene rings is 1. The van der Waals surface area contributed by atoms with Gasteiger partial charge in [0.05, 0.1) is 18.7 Å². The van der Waals surface area contributed by atoms with Crippen molar-refractivity contribution in [2.75, 3.05) is 13.7 Å². The van der Waals surface area contributed by atoms with E-state index in [1.54, 1.807) is 17.2 Å². The molecule has 2 aliphatic rings. The van der Waals surface area contributed by atoms with Gasteiger partial charge in [-0.15, -0.1) is 0 Å². The van der Waals surface area contributed by atoms with Crippen LogP contribution >= 0.6 is 35.1 Å². The van der Waals surface area contributed by atoms with Crippen molar-refractivity contribution in [3.8, 4) is 0 Å². The average molecular weight is 436 g/mol. The number of halogens is 5. The molecule has 1 N–H and O–H groups in total. The number of hydrogen-bond donors (Lipinski definition) is 1. The van der Waals surface area contributed by atoms with Crippen molar-refractivity contribution < 1.29 is 17.9 Å². The number of rotatable bonds is 5. The number of alkyl halides is 3. The van der Waals surface area contributed by atoms with Gasteiger partial charge in [-0.25, -0.2) is 9.71 Å². The molecule has 4 nitrogen and oxygen atoms in total. The highest BCUT2D eigenvalue weighted by molar-refractivity contribution is 8.01. The highest BCUT2D eigenvalue weighted by atomic mass is 35.5. The number of allylic oxidation sites excluding steroid dienone is 1. The van der Waals surface area contributed by atoms with E-state index in [0.29, 0.717) is 33.1 Å². The zero-order valence-corrected chi connectivity index (χ0v) is 16.3. The molecular weight excluding hydrogens is 422 g/mol. The molecule has 2 aliphatic heterocycles. The van der Waals surface area contributed by atoms with Crippen molar-refractivity contribution in [2.45, 2.75) is 12.2 Å². The third-order valence-corrected chi connectivity index (χ3v) is 5.02. The molecule has 1 aromatic carbocycles. The summed E-state index contributed by atoms with van der Waals surface area (Å²) in [6, 6.07) is 3.69. The Bertz CT molecular complexity index is 835. The first-order valence-corrected chi connectivity index (χ1v) is 9.26. The minimum atomic E-state index is -4.48. The molecule has 1 atom stereocenters. The summed E-state index contributed by atoms with van der Waals surface area (Å²) in [5, 5.41) is 0.885. The van der Waals surface area contributed by atoms with Crippen molar-refractivity contribution in [3.63, 3.8) is 0 Å². The Balaban J connectivity index is 1.79. The molecule has 2 heterocycles. The van der Waals surface area contributed by atoms with Crippen LogP contribution in [0.2, 0.25) is 5.02 Å². The molecule has 27 heavy (non-hydrogen) atoms. The molecule has 1 aromatic rings. The first-order chi connectivity index (χ1) is 12.8. The summed E-state index contributed by atoms with van der Waals surface area (Å²) >= 11 is 12.6. The number of methoxy groups -OCH3 is 1. The Hall–Kier alpha value is -1.61. The van der Waals surface area contributed by atoms with Crippen molar-refractivity contribution in [3.05, 3.63) is 69.0 Å². The summed E-state index contributed by atoms with van der Waals surface area (Å²) in [6.07, 6.45) is 0.331. The van der Waals surface area contributed by atoms with Gasteiger partial charge in [0.2, 0.25) is 0 Å². The van der Waals surface area contributed by atoms with Gasteiger partial charge in [-0.2, -0.15) is 13.2 Å². The van der Waals surface area contributed by atoms with E-state index in [2.05, 4.69) is 9.71 Å². The quantitative estimate of drug-likeness (QED) is 0.631. The SMILES string of the molecule is COC1=CC(SN[C@H](c2ccc(Cl)cc2)C(F)(F)F)=CN2CC(Cl)=CN=C12. The Morgan fingerprint density at radius 3 is 2.59 bits per heavy atom. The molecule has 0 aliphatic carbocycles. The smallest absolute Gasteiger partial charge is 0.408 e. The van der Waals surface area contributed by atoms with E-state index in [9.17, 15) is 13.2 Å². The Morgan fingerprint density at radius 1 is 1.26 bits per heavy atom. The lowest BCUT2D eigenvalue weighted by atomic mass is 10.1. The molecular formula is C17H14Cl2F3N3OS. The maximum absolute atomic E-state index is 13.5. The predicted octanol–water partition coefficient (Wildman–Crippen LogP) is 5.36. The van der Waals surface area contributed by atoms with Crippen LogP contribution < -0.4 is 4.72 Å². The van der Waals surface area contributed by atoms with E-state index in [0.717, 1.165) is 11.9 Å². The van der Waals surface area contributed by atoms with Crippen LogP contribution in [0.25, 0.3) is 0 Å². The lowest BCUT2D eigenvalue weighted by Gasteiger charge is -2.30. The van der Waals surface area contributed by atoms with Crippen LogP contribution in [0.15, 0.2) is 63.4 Å². The molecule has 0 amide bonds. The molecule has 0 unspecified atom stereocenters. The third kappa shape index (κ3) is 4.82. The second kappa shape index (κ2) is 8.18. The molecule has 0 spiro atoms. The first kappa shape index (κ1) is 20.1. The van der Waals surface area contributed by atoms with Crippen molar-refractivity contribution in [1.82, 2.24) is 9.62 Å². The zero-order chi connectivity index (χ0) is 19.6. The fraction of sp³-hybridized carbons (Fsp3) is 0.235. The van der Waals surface area contributed by atoms with Crippen LogP contribution in [0.1, 0.15) is 11.6 Å². The maximum atomic E-state index is 13.5. The van der Waals surface area contributed by atoms with E-state index < -0.39 is 12.2 Å². The Labute approximate surface area is 168 Å². The van der Waals surface area contributed by atoms with Crippen LogP contribution in [0.4, 0.5) is 13.2 Å². The fourth-order valence-corrected chi connectivity index (χ4v) is 3.67. The van der Waals surface area contributed by atoms with Crippen molar-refractivity contribution in [2.24, 2.45) is 4.99 Å². The second-order valence-corrected chi connectivity index (χ2v) is 7.48. The summed E-state index contributed by atoms with van der Waals surface area (Å²) in [6.45, 7) is 0.366. The molecule has 0 aromatic heterocycles. The van der Waals surface area contributed by atoms with Gasteiger partial charge < -0.3 is 9.64 Å². The summed E-state index contributed by atoms with van der Waals surface area (Å²) in [4.78, 5) is 6.44. The van der Waals surface area contributed by atoms with Gasteiger partial charge in [0.1, 0.15) is 6.04 Å². The normalized spacial score (nSPS) is 18.1. The number of amidine groups is 1. The van der Waals surface area contributed by atoms with Crippen molar-refractivity contribution >= 4 is 41.0 Å². The molecule has 144 valence electrons. The molecule has 0 bridgehead atoms. The van der Waals surface area contributed by atoms with Gasteiger partial charge in [0.25, 0.3) is 0 Å². The van der Waals surface area contributed by atoms with Gasteiger partial charge >= 0.3 is 6.18 Å². The van der Waals surface area contributed by atoms with Crippen LogP contribution in [0.5, 0.6) is 0 Å². The Kier molecular flexibility index (Phi) is 6.10. The number of ether oxygens (including phenoxy) is 1. The van der Waals surface area contributed by atoms with E-state index in [-0.39, 0.29) is 5.56 Å². The third-order valence-electron chi connectivity index (χ3n) is 3.74. The van der Waals surface area contributed by atoms with Gasteiger partial charge in [-0.1, -0.05) is 35.3 Å². The zero-order valence-electron chi connectivity index (χ0n) is 13.9. The lowest BCUT2D eigenvalue weighted by molar-refractivity contribution is -0.152. The Morgan fingerprint density at radius 2 is 1.96 bits per heavy atom. The minimum Gasteiger partial charge on any atom is -0.493 e. The van der Waals surface area contributed by atoms with Gasteiger partial charge in [0.15, 0.2) is 11.6 Å². The number of nitrogens with one attached hydrogen (secondary N) is 1. The molecule has 0 radical (unpaired) electrons. The van der Waals surface area contributed by atoms with E-state index in [1.807, 2.05) is 0 Å². The monoisotopic (exact) mass is 435 g/mol. The minimum absolute atomic E-state index is 0.0676. The fourth-order valence-electron chi connectivity index (χ4n) is 2.49. The van der Waals surface area contributed by atoms with Gasteiger partial charge in [0, 0.05) is 28.4 Å². The van der Waals surface area contributed by atoms with Crippen LogP contribution in [0, 0.1) is 0 Å². The van der Waals surface area contributed by atoms with E-state index in [4.69, 9.17) is 27.9 Å². The van der Waals surface area contributed by atoms with Crippen molar-refractivity contribution in [1.29, 1.82) is 0 Å². The van der Waals surface area contributed by atoms with E-state index >= 15 is 0 Å². The number of aliphatic imine (C=N–C) groups is 1. The molecule has 0 saturated heterocycles. The molecule has 0 fully saturated rings. The van der Waals surface area contributed by atoms with Gasteiger partial charge in [-0.05, 0) is 29.6 Å². The number of hydrogen-bond acceptors (Lipinski definition) is 5. The number of nitrogens with zero attached hydrogens (tertiary/aromatic N) is 2. The van der Waals surface area contributed by atoms with Gasteiger partial charge in [-0.3, -0.25) is 0 Å². The summed E-state index contributed by atoms with van der Waals surface area (Å²) in [7, 11) is 1.47. The lowest BCUT2D eigenvalue weighted by Crippen LogP contribution is -2.34. The first-order valence-electron chi connectivity index (χ1n) is 7.69. The predicted molar refractivity (Wildman–Crippen MR) is 102 cm³/mol. The standard InChI is InChI=1S/C17H14Cl2F3N3OS/c1-26-14-6-13(9-25-8-12(19)7-23-16(14)25)27-24-15(17(20,21)22)10-2-4-11(18)5-3-10/h2-7,9,15,24H,8H2,1H3/t15-/m1/s1. The summed E-state index contributed by atoms with van der Waals surface area (Å²) in [5.74, 6) is 0.994. The average Bonchev–Trinajstić information content (AvgIpc) is 2.61. The molecule has 0 saturated carbocycles. The van der Waals surface area contributed by atoms with Crippen LogP contribution in [0.3, 0.4) is 0 Å².